The quantitative estimate of drug-likeness (QED) is 0.338. The van der Waals surface area contributed by atoms with Crippen molar-refractivity contribution in [1.82, 2.24) is 15.0 Å². The van der Waals surface area contributed by atoms with Crippen molar-refractivity contribution in [2.75, 3.05) is 5.73 Å². The van der Waals surface area contributed by atoms with Gasteiger partial charge < -0.3 is 21.1 Å². The van der Waals surface area contributed by atoms with Crippen molar-refractivity contribution in [3.63, 3.8) is 0 Å². The molecule has 0 saturated heterocycles. The standard InChI is InChI=1S/C9H8N6O6/c10-1-4(16)2(6(18)11-5(1)17)14-15-3-7(19)12-9(21)13-8(3)20/h10H2,(H3,11,16,17,18)(H3,12,13,19,20,21). The van der Waals surface area contributed by atoms with Gasteiger partial charge in [-0.15, -0.1) is 10.2 Å². The van der Waals surface area contributed by atoms with E-state index in [1.807, 2.05) is 9.97 Å². The molecular formula is C9H8N6O6. The van der Waals surface area contributed by atoms with E-state index in [1.165, 1.54) is 0 Å². The number of H-pyrrole nitrogens is 3. The number of hydrogen-bond donors (Lipinski definition) is 7. The Hall–Kier alpha value is -3.57. The summed E-state index contributed by atoms with van der Waals surface area (Å²) in [5.41, 5.74) is 0.246. The van der Waals surface area contributed by atoms with Crippen LogP contribution in [0.2, 0.25) is 0 Å². The van der Waals surface area contributed by atoms with Crippen molar-refractivity contribution >= 4 is 17.1 Å². The maximum atomic E-state index is 11.5. The van der Waals surface area contributed by atoms with Crippen LogP contribution in [0.15, 0.2) is 24.6 Å². The zero-order valence-corrected chi connectivity index (χ0v) is 10.0. The van der Waals surface area contributed by atoms with Crippen LogP contribution in [0.4, 0.5) is 17.1 Å². The van der Waals surface area contributed by atoms with E-state index >= 15 is 0 Å². The molecule has 0 aliphatic carbocycles. The molecule has 0 radical (unpaired) electrons. The Balaban J connectivity index is 2.59. The lowest BCUT2D eigenvalue weighted by Gasteiger charge is -2.02. The SMILES string of the molecule is Nc1c(O)[nH]c(=O)c(N=Nc2c(O)[nH]c(=O)[nH]c2=O)c1O. The number of nitrogens with two attached hydrogens (primary N) is 1. The highest BCUT2D eigenvalue weighted by Gasteiger charge is 2.15. The van der Waals surface area contributed by atoms with E-state index in [0.717, 1.165) is 0 Å². The first-order valence-corrected chi connectivity index (χ1v) is 5.22. The summed E-state index contributed by atoms with van der Waals surface area (Å²) in [6.45, 7) is 0. The maximum absolute atomic E-state index is 11.5. The second-order valence-corrected chi connectivity index (χ2v) is 3.72. The molecule has 2 aromatic rings. The number of azo groups is 1. The fourth-order valence-electron chi connectivity index (χ4n) is 1.33. The number of rotatable bonds is 2. The molecule has 0 aliphatic rings. The van der Waals surface area contributed by atoms with Crippen molar-refractivity contribution in [2.24, 2.45) is 10.2 Å². The van der Waals surface area contributed by atoms with E-state index in [9.17, 15) is 24.6 Å². The molecule has 12 heteroatoms. The fourth-order valence-corrected chi connectivity index (χ4v) is 1.33. The number of aromatic amines is 3. The number of aromatic hydroxyl groups is 3. The van der Waals surface area contributed by atoms with Crippen LogP contribution in [0.5, 0.6) is 17.5 Å². The van der Waals surface area contributed by atoms with Crippen molar-refractivity contribution in [3.8, 4) is 17.5 Å². The number of nitrogen functional groups attached to an aromatic ring is 1. The lowest BCUT2D eigenvalue weighted by molar-refractivity contribution is 0.438. The van der Waals surface area contributed by atoms with Gasteiger partial charge in [-0.05, 0) is 0 Å². The molecular weight excluding hydrogens is 288 g/mol. The van der Waals surface area contributed by atoms with Crippen LogP contribution in [0.3, 0.4) is 0 Å². The average molecular weight is 296 g/mol. The van der Waals surface area contributed by atoms with Gasteiger partial charge in [-0.2, -0.15) is 0 Å². The third kappa shape index (κ3) is 2.44. The van der Waals surface area contributed by atoms with Crippen LogP contribution in [0, 0.1) is 0 Å². The third-order valence-corrected chi connectivity index (χ3v) is 2.33. The molecule has 0 bridgehead atoms. The van der Waals surface area contributed by atoms with E-state index in [-0.39, 0.29) is 0 Å². The van der Waals surface area contributed by atoms with Gasteiger partial charge in [0.25, 0.3) is 11.1 Å². The Morgan fingerprint density at radius 2 is 1.38 bits per heavy atom. The molecule has 110 valence electrons. The summed E-state index contributed by atoms with van der Waals surface area (Å²) >= 11 is 0. The first-order valence-electron chi connectivity index (χ1n) is 5.22. The predicted octanol–water partition coefficient (Wildman–Crippen LogP) is -1.13. The van der Waals surface area contributed by atoms with Gasteiger partial charge in [0.15, 0.2) is 11.4 Å². The lowest BCUT2D eigenvalue weighted by atomic mass is 10.3. The van der Waals surface area contributed by atoms with Gasteiger partial charge in [-0.25, -0.2) is 4.79 Å². The minimum atomic E-state index is -1.07. The van der Waals surface area contributed by atoms with E-state index in [1.54, 1.807) is 4.98 Å². The number of aromatic nitrogens is 3. The Labute approximate surface area is 113 Å². The molecule has 0 fully saturated rings. The Morgan fingerprint density at radius 1 is 0.810 bits per heavy atom. The summed E-state index contributed by atoms with van der Waals surface area (Å²) in [7, 11) is 0. The monoisotopic (exact) mass is 296 g/mol. The van der Waals surface area contributed by atoms with Crippen LogP contribution < -0.4 is 22.5 Å². The molecule has 8 N–H and O–H groups in total. The van der Waals surface area contributed by atoms with Gasteiger partial charge in [0.2, 0.25) is 17.4 Å². The molecule has 2 heterocycles. The molecule has 12 nitrogen and oxygen atoms in total. The van der Waals surface area contributed by atoms with Gasteiger partial charge in [0.05, 0.1) is 0 Å². The molecule has 0 unspecified atom stereocenters. The summed E-state index contributed by atoms with van der Waals surface area (Å²) in [5.74, 6) is -2.50. The van der Waals surface area contributed by atoms with Gasteiger partial charge in [-0.1, -0.05) is 0 Å². The largest absolute Gasteiger partial charge is 0.504 e. The van der Waals surface area contributed by atoms with E-state index in [0.29, 0.717) is 0 Å². The molecule has 21 heavy (non-hydrogen) atoms. The Morgan fingerprint density at radius 3 is 2.00 bits per heavy atom. The molecule has 2 aromatic heterocycles. The number of nitrogens with zero attached hydrogens (tertiary/aromatic N) is 2. The summed E-state index contributed by atoms with van der Waals surface area (Å²) in [6, 6.07) is 0. The molecule has 0 aliphatic heterocycles. The van der Waals surface area contributed by atoms with Crippen LogP contribution in [-0.2, 0) is 0 Å². The maximum Gasteiger partial charge on any atom is 0.328 e. The number of anilines is 1. The number of nitrogens with one attached hydrogen (secondary N) is 3. The summed E-state index contributed by atoms with van der Waals surface area (Å²) in [4.78, 5) is 39.2. The Bertz CT molecular complexity index is 906. The normalized spacial score (nSPS) is 11.0. The smallest absolute Gasteiger partial charge is 0.328 e. The van der Waals surface area contributed by atoms with E-state index in [4.69, 9.17) is 10.8 Å². The van der Waals surface area contributed by atoms with Crippen molar-refractivity contribution in [1.29, 1.82) is 0 Å². The fraction of sp³-hybridized carbons (Fsp3) is 0. The first-order chi connectivity index (χ1) is 9.81. The summed E-state index contributed by atoms with van der Waals surface area (Å²) < 4.78 is 0. The minimum Gasteiger partial charge on any atom is -0.504 e. The first kappa shape index (κ1) is 13.9. The zero-order valence-electron chi connectivity index (χ0n) is 10.0. The molecule has 2 rings (SSSR count). The van der Waals surface area contributed by atoms with Gasteiger partial charge in [0, 0.05) is 0 Å². The second-order valence-electron chi connectivity index (χ2n) is 3.72. The van der Waals surface area contributed by atoms with Crippen LogP contribution in [-0.4, -0.2) is 30.3 Å². The van der Waals surface area contributed by atoms with Crippen LogP contribution in [0.1, 0.15) is 0 Å². The van der Waals surface area contributed by atoms with Crippen molar-refractivity contribution in [3.05, 3.63) is 31.2 Å². The zero-order chi connectivity index (χ0) is 15.7. The van der Waals surface area contributed by atoms with Crippen molar-refractivity contribution in [2.45, 2.75) is 0 Å². The van der Waals surface area contributed by atoms with Gasteiger partial charge in [0.1, 0.15) is 5.69 Å². The summed E-state index contributed by atoms with van der Waals surface area (Å²) in [5, 5.41) is 34.6. The average Bonchev–Trinajstić information content (AvgIpc) is 2.38. The van der Waals surface area contributed by atoms with E-state index < -0.39 is 51.4 Å². The summed E-state index contributed by atoms with van der Waals surface area (Å²) in [6.07, 6.45) is 0. The highest BCUT2D eigenvalue weighted by Crippen LogP contribution is 2.34. The predicted molar refractivity (Wildman–Crippen MR) is 68.3 cm³/mol. The molecule has 0 amide bonds. The second kappa shape index (κ2) is 4.84. The van der Waals surface area contributed by atoms with Crippen LogP contribution >= 0.6 is 0 Å². The minimum absolute atomic E-state index is 0.553. The lowest BCUT2D eigenvalue weighted by Crippen LogP contribution is -2.20. The number of hydrogen-bond acceptors (Lipinski definition) is 9. The topological polar surface area (TPSA) is 210 Å². The number of pyridine rings is 1. The molecule has 0 aromatic carbocycles. The molecule has 0 atom stereocenters. The van der Waals surface area contributed by atoms with Crippen molar-refractivity contribution < 1.29 is 15.3 Å². The Kier molecular flexibility index (Phi) is 3.19. The van der Waals surface area contributed by atoms with Gasteiger partial charge >= 0.3 is 5.69 Å². The van der Waals surface area contributed by atoms with E-state index in [2.05, 4.69) is 10.2 Å². The molecule has 0 spiro atoms. The third-order valence-electron chi connectivity index (χ3n) is 2.33. The van der Waals surface area contributed by atoms with Gasteiger partial charge in [-0.3, -0.25) is 24.5 Å². The van der Waals surface area contributed by atoms with Crippen LogP contribution in [0.25, 0.3) is 0 Å². The highest BCUT2D eigenvalue weighted by molar-refractivity contribution is 5.68. The molecule has 0 saturated carbocycles. The highest BCUT2D eigenvalue weighted by atomic mass is 16.3.